The van der Waals surface area contributed by atoms with Crippen LogP contribution in [-0.2, 0) is 5.41 Å². The van der Waals surface area contributed by atoms with E-state index in [1.54, 1.807) is 18.3 Å². The summed E-state index contributed by atoms with van der Waals surface area (Å²) in [6, 6.07) is 7.53. The maximum Gasteiger partial charge on any atom is 0.165 e. The number of Topliss-reactive ketones (excluding diaryl/α,β-unsaturated/α-hetero) is 1. The van der Waals surface area contributed by atoms with E-state index in [1.165, 1.54) is 0 Å². The Labute approximate surface area is 129 Å². The summed E-state index contributed by atoms with van der Waals surface area (Å²) in [5.74, 6) is 0.112. The van der Waals surface area contributed by atoms with Crippen molar-refractivity contribution >= 4 is 17.4 Å². The average Bonchev–Trinajstić information content (AvgIpc) is 2.44. The molecule has 0 unspecified atom stereocenters. The van der Waals surface area contributed by atoms with E-state index >= 15 is 0 Å². The Morgan fingerprint density at radius 1 is 1.19 bits per heavy atom. The Balaban J connectivity index is 1.82. The fourth-order valence-electron chi connectivity index (χ4n) is 2.86. The van der Waals surface area contributed by atoms with Crippen LogP contribution in [0, 0.1) is 6.92 Å². The standard InChI is InChI=1S/C17H17ClN2O/c1-12-3-5-15(19-10-12)17(7-2-8-17)9-14(21)13-4-6-16(18)20-11-13/h3-6,10-11H,2,7-9H2,1H3. The number of aromatic nitrogens is 2. The molecule has 0 aromatic carbocycles. The van der Waals surface area contributed by atoms with Crippen molar-refractivity contribution in [2.45, 2.75) is 38.0 Å². The van der Waals surface area contributed by atoms with Crippen LogP contribution in [0.5, 0.6) is 0 Å². The average molecular weight is 301 g/mol. The summed E-state index contributed by atoms with van der Waals surface area (Å²) in [7, 11) is 0. The van der Waals surface area contributed by atoms with Gasteiger partial charge in [-0.05, 0) is 43.5 Å². The summed E-state index contributed by atoms with van der Waals surface area (Å²) < 4.78 is 0. The second-order valence-electron chi connectivity index (χ2n) is 5.82. The lowest BCUT2D eigenvalue weighted by Crippen LogP contribution is -2.37. The molecule has 2 aromatic rings. The van der Waals surface area contributed by atoms with Crippen molar-refractivity contribution in [1.29, 1.82) is 0 Å². The van der Waals surface area contributed by atoms with Gasteiger partial charge >= 0.3 is 0 Å². The molecule has 108 valence electrons. The Morgan fingerprint density at radius 2 is 2.00 bits per heavy atom. The molecule has 3 nitrogen and oxygen atoms in total. The van der Waals surface area contributed by atoms with Gasteiger partial charge in [-0.1, -0.05) is 24.1 Å². The first kappa shape index (κ1) is 14.2. The van der Waals surface area contributed by atoms with E-state index < -0.39 is 0 Å². The third kappa shape index (κ3) is 2.84. The van der Waals surface area contributed by atoms with Gasteiger partial charge < -0.3 is 0 Å². The van der Waals surface area contributed by atoms with Crippen molar-refractivity contribution in [3.63, 3.8) is 0 Å². The zero-order chi connectivity index (χ0) is 14.9. The molecule has 1 aliphatic rings. The molecule has 0 atom stereocenters. The minimum Gasteiger partial charge on any atom is -0.294 e. The molecule has 0 radical (unpaired) electrons. The van der Waals surface area contributed by atoms with Crippen molar-refractivity contribution < 1.29 is 4.79 Å². The van der Waals surface area contributed by atoms with E-state index in [1.807, 2.05) is 13.1 Å². The number of carbonyl (C=O) groups is 1. The highest BCUT2D eigenvalue weighted by Crippen LogP contribution is 2.46. The van der Waals surface area contributed by atoms with Gasteiger partial charge in [-0.15, -0.1) is 0 Å². The first-order valence-electron chi connectivity index (χ1n) is 7.17. The van der Waals surface area contributed by atoms with E-state index in [0.717, 1.165) is 30.5 Å². The molecule has 0 spiro atoms. The Bertz CT molecular complexity index is 645. The lowest BCUT2D eigenvalue weighted by molar-refractivity contribution is 0.0900. The van der Waals surface area contributed by atoms with Gasteiger partial charge in [0.15, 0.2) is 5.78 Å². The summed E-state index contributed by atoms with van der Waals surface area (Å²) in [5.41, 5.74) is 2.71. The molecule has 21 heavy (non-hydrogen) atoms. The quantitative estimate of drug-likeness (QED) is 0.630. The van der Waals surface area contributed by atoms with Crippen LogP contribution < -0.4 is 0 Å². The zero-order valence-corrected chi connectivity index (χ0v) is 12.7. The largest absolute Gasteiger partial charge is 0.294 e. The van der Waals surface area contributed by atoms with Crippen LogP contribution in [-0.4, -0.2) is 15.8 Å². The molecule has 0 amide bonds. The third-order valence-corrected chi connectivity index (χ3v) is 4.54. The molecular formula is C17H17ClN2O. The number of hydrogen-bond donors (Lipinski definition) is 0. The fraction of sp³-hybridized carbons (Fsp3) is 0.353. The van der Waals surface area contributed by atoms with Crippen LogP contribution in [0.1, 0.15) is 47.3 Å². The lowest BCUT2D eigenvalue weighted by atomic mass is 9.63. The minimum atomic E-state index is -0.0928. The number of carbonyl (C=O) groups excluding carboxylic acids is 1. The van der Waals surface area contributed by atoms with Crippen molar-refractivity contribution in [2.24, 2.45) is 0 Å². The summed E-state index contributed by atoms with van der Waals surface area (Å²) in [5, 5.41) is 0.408. The predicted molar refractivity (Wildman–Crippen MR) is 82.7 cm³/mol. The first-order valence-corrected chi connectivity index (χ1v) is 7.55. The number of ketones is 1. The molecule has 1 fully saturated rings. The molecule has 0 aliphatic heterocycles. The molecule has 0 N–H and O–H groups in total. The topological polar surface area (TPSA) is 42.9 Å². The van der Waals surface area contributed by atoms with Gasteiger partial charge in [0, 0.05) is 35.5 Å². The summed E-state index contributed by atoms with van der Waals surface area (Å²) in [6.45, 7) is 2.02. The second kappa shape index (κ2) is 5.57. The number of aryl methyl sites for hydroxylation is 1. The molecule has 1 aliphatic carbocycles. The van der Waals surface area contributed by atoms with Crippen molar-refractivity contribution in [2.75, 3.05) is 0 Å². The Hall–Kier alpha value is -1.74. The molecular weight excluding hydrogens is 284 g/mol. The predicted octanol–water partition coefficient (Wildman–Crippen LogP) is 4.13. The second-order valence-corrected chi connectivity index (χ2v) is 6.21. The molecule has 1 saturated carbocycles. The summed E-state index contributed by atoms with van der Waals surface area (Å²) in [6.07, 6.45) is 7.13. The SMILES string of the molecule is Cc1ccc(C2(CC(=O)c3ccc(Cl)nc3)CCC2)nc1. The minimum absolute atomic E-state index is 0.0928. The van der Waals surface area contributed by atoms with Gasteiger partial charge in [-0.3, -0.25) is 9.78 Å². The van der Waals surface area contributed by atoms with Crippen LogP contribution in [0.25, 0.3) is 0 Å². The molecule has 0 saturated heterocycles. The molecule has 2 aromatic heterocycles. The number of pyridine rings is 2. The smallest absolute Gasteiger partial charge is 0.165 e. The zero-order valence-electron chi connectivity index (χ0n) is 12.0. The van der Waals surface area contributed by atoms with Crippen molar-refractivity contribution in [3.05, 3.63) is 58.6 Å². The van der Waals surface area contributed by atoms with Gasteiger partial charge in [0.25, 0.3) is 0 Å². The normalized spacial score (nSPS) is 16.3. The molecule has 0 bridgehead atoms. The number of hydrogen-bond acceptors (Lipinski definition) is 3. The maximum absolute atomic E-state index is 12.5. The van der Waals surface area contributed by atoms with Crippen molar-refractivity contribution in [3.8, 4) is 0 Å². The Morgan fingerprint density at radius 3 is 2.52 bits per heavy atom. The van der Waals surface area contributed by atoms with Gasteiger partial charge in [0.1, 0.15) is 5.15 Å². The van der Waals surface area contributed by atoms with Gasteiger partial charge in [0.2, 0.25) is 0 Å². The third-order valence-electron chi connectivity index (χ3n) is 4.31. The number of halogens is 1. The number of nitrogens with zero attached hydrogens (tertiary/aromatic N) is 2. The molecule has 2 heterocycles. The van der Waals surface area contributed by atoms with E-state index in [9.17, 15) is 4.79 Å². The first-order chi connectivity index (χ1) is 10.1. The number of rotatable bonds is 4. The molecule has 4 heteroatoms. The van der Waals surface area contributed by atoms with Gasteiger partial charge in [0.05, 0.1) is 0 Å². The van der Waals surface area contributed by atoms with Crippen LogP contribution >= 0.6 is 11.6 Å². The van der Waals surface area contributed by atoms with Crippen LogP contribution in [0.3, 0.4) is 0 Å². The van der Waals surface area contributed by atoms with E-state index in [0.29, 0.717) is 17.1 Å². The fourth-order valence-corrected chi connectivity index (χ4v) is 2.97. The van der Waals surface area contributed by atoms with E-state index in [4.69, 9.17) is 11.6 Å². The lowest BCUT2D eigenvalue weighted by Gasteiger charge is -2.41. The van der Waals surface area contributed by atoms with Crippen LogP contribution in [0.15, 0.2) is 36.7 Å². The summed E-state index contributed by atoms with van der Waals surface area (Å²) >= 11 is 5.77. The van der Waals surface area contributed by atoms with Crippen LogP contribution in [0.2, 0.25) is 5.15 Å². The summed E-state index contributed by atoms with van der Waals surface area (Å²) in [4.78, 5) is 21.0. The highest BCUT2D eigenvalue weighted by Gasteiger charge is 2.41. The van der Waals surface area contributed by atoms with E-state index in [2.05, 4.69) is 22.1 Å². The monoisotopic (exact) mass is 300 g/mol. The van der Waals surface area contributed by atoms with Gasteiger partial charge in [-0.25, -0.2) is 4.98 Å². The maximum atomic E-state index is 12.5. The van der Waals surface area contributed by atoms with Gasteiger partial charge in [-0.2, -0.15) is 0 Å². The van der Waals surface area contributed by atoms with E-state index in [-0.39, 0.29) is 11.2 Å². The van der Waals surface area contributed by atoms with Crippen LogP contribution in [0.4, 0.5) is 0 Å². The Kier molecular flexibility index (Phi) is 3.77. The molecule has 3 rings (SSSR count). The highest BCUT2D eigenvalue weighted by molar-refractivity contribution is 6.29. The highest BCUT2D eigenvalue weighted by atomic mass is 35.5. The van der Waals surface area contributed by atoms with Crippen molar-refractivity contribution in [1.82, 2.24) is 9.97 Å².